The highest BCUT2D eigenvalue weighted by Crippen LogP contribution is 2.03. The summed E-state index contributed by atoms with van der Waals surface area (Å²) in [7, 11) is 7.30. The summed E-state index contributed by atoms with van der Waals surface area (Å²) < 4.78 is 9.95. The van der Waals surface area contributed by atoms with E-state index in [-0.39, 0.29) is 116 Å². The fourth-order valence-corrected chi connectivity index (χ4v) is 2.36. The van der Waals surface area contributed by atoms with Gasteiger partial charge in [-0.25, -0.2) is 0 Å². The molecule has 0 amide bonds. The van der Waals surface area contributed by atoms with Crippen molar-refractivity contribution < 1.29 is 19.7 Å². The van der Waals surface area contributed by atoms with Gasteiger partial charge in [0.05, 0.1) is 18.9 Å². The van der Waals surface area contributed by atoms with Gasteiger partial charge in [-0.3, -0.25) is 9.80 Å². The lowest BCUT2D eigenvalue weighted by atomic mass is 10.2. The van der Waals surface area contributed by atoms with Crippen LogP contribution in [0.4, 0.5) is 0 Å². The number of ether oxygens (including phenoxy) is 2. The number of rotatable bonds is 14. The molecule has 0 saturated heterocycles. The minimum absolute atomic E-state index is 0. The first-order valence-corrected chi connectivity index (χ1v) is 7.70. The molecular weight excluding hydrogens is 440 g/mol. The third-order valence-corrected chi connectivity index (χ3v) is 3.30. The van der Waals surface area contributed by atoms with Crippen molar-refractivity contribution in [3.05, 3.63) is 0 Å². The summed E-state index contributed by atoms with van der Waals surface area (Å²) >= 11 is 0. The van der Waals surface area contributed by atoms with E-state index < -0.39 is 0 Å². The average Bonchev–Trinajstić information content (AvgIpc) is 2.38. The monoisotopic (exact) mass is 531 g/mol. The Hall–Kier alpha value is -0.240. The Morgan fingerprint density at radius 2 is 0.743 bits per heavy atom. The lowest BCUT2D eigenvalue weighted by Gasteiger charge is -2.27. The van der Waals surface area contributed by atoms with Gasteiger partial charge in [0, 0.05) is 40.5 Å². The summed E-state index contributed by atoms with van der Waals surface area (Å²) in [5.74, 6) is 0. The van der Waals surface area contributed by atoms with Gasteiger partial charge >= 0.3 is 0 Å². The second-order valence-corrected chi connectivity index (χ2v) is 5.80. The molecule has 6 heteroatoms. The van der Waals surface area contributed by atoms with Crippen LogP contribution in [-0.4, -0.2) is 93.5 Å². The fourth-order valence-electron chi connectivity index (χ4n) is 2.36. The SMILES string of the molecule is C.C.C.C.C.C.C.C.C.C.C.C.C.C.COCCCC(O)CN(C)CN(C)CC(O)CCCOC. The highest BCUT2D eigenvalue weighted by molar-refractivity contribution is 4.65. The number of nitrogens with zero attached hydrogens (tertiary/aromatic N) is 2. The molecule has 0 saturated carbocycles. The molecule has 2 unspecified atom stereocenters. The maximum Gasteiger partial charge on any atom is 0.0668 e. The van der Waals surface area contributed by atoms with Gasteiger partial charge in [0.2, 0.25) is 0 Å². The van der Waals surface area contributed by atoms with Gasteiger partial charge in [0.15, 0.2) is 0 Å². The lowest BCUT2D eigenvalue weighted by Crippen LogP contribution is -2.40. The molecule has 0 spiro atoms. The molecule has 2 atom stereocenters. The number of likely N-dealkylation sites (N-methyl/N-ethyl adjacent to an activating group) is 2. The van der Waals surface area contributed by atoms with Gasteiger partial charge in [-0.2, -0.15) is 0 Å². The number of aliphatic hydroxyl groups is 2. The van der Waals surface area contributed by atoms with E-state index in [1.165, 1.54) is 0 Å². The van der Waals surface area contributed by atoms with E-state index in [2.05, 4.69) is 9.80 Å². The molecular formula is C29H90N2O4. The van der Waals surface area contributed by atoms with Crippen LogP contribution in [0.25, 0.3) is 0 Å². The predicted molar refractivity (Wildman–Crippen MR) is 179 cm³/mol. The first-order chi connectivity index (χ1) is 9.99. The summed E-state index contributed by atoms with van der Waals surface area (Å²) in [5, 5.41) is 19.8. The van der Waals surface area contributed by atoms with Crippen LogP contribution in [0, 0.1) is 0 Å². The van der Waals surface area contributed by atoms with Crippen molar-refractivity contribution in [3.63, 3.8) is 0 Å². The lowest BCUT2D eigenvalue weighted by molar-refractivity contribution is 0.0563. The van der Waals surface area contributed by atoms with Crippen LogP contribution in [0.5, 0.6) is 0 Å². The Kier molecular flexibility index (Phi) is 203. The second-order valence-electron chi connectivity index (χ2n) is 5.80. The Morgan fingerprint density at radius 3 is 0.943 bits per heavy atom. The molecule has 0 aliphatic heterocycles. The Balaban J connectivity index is -0.0000000220. The molecule has 0 aromatic heterocycles. The van der Waals surface area contributed by atoms with E-state index in [0.717, 1.165) is 32.4 Å². The van der Waals surface area contributed by atoms with Crippen LogP contribution < -0.4 is 0 Å². The average molecular weight is 531 g/mol. The van der Waals surface area contributed by atoms with E-state index in [1.807, 2.05) is 14.1 Å². The van der Waals surface area contributed by atoms with Gasteiger partial charge in [-0.1, -0.05) is 104 Å². The predicted octanol–water partition coefficient (Wildman–Crippen LogP) is 9.29. The quantitative estimate of drug-likeness (QED) is 0.172. The largest absolute Gasteiger partial charge is 0.392 e. The summed E-state index contributed by atoms with van der Waals surface area (Å²) in [6.07, 6.45) is 2.60. The van der Waals surface area contributed by atoms with E-state index in [4.69, 9.17) is 9.47 Å². The van der Waals surface area contributed by atoms with Gasteiger partial charge in [-0.05, 0) is 39.8 Å². The second kappa shape index (κ2) is 69.9. The third-order valence-electron chi connectivity index (χ3n) is 3.30. The van der Waals surface area contributed by atoms with Gasteiger partial charge < -0.3 is 19.7 Å². The highest BCUT2D eigenvalue weighted by atomic mass is 16.5. The zero-order valence-corrected chi connectivity index (χ0v) is 14.1. The molecule has 0 aliphatic rings. The Morgan fingerprint density at radius 1 is 0.514 bits per heavy atom. The summed E-state index contributed by atoms with van der Waals surface area (Å²) in [6, 6.07) is 0. The molecule has 35 heavy (non-hydrogen) atoms. The molecule has 0 rings (SSSR count). The highest BCUT2D eigenvalue weighted by Gasteiger charge is 2.12. The molecule has 6 nitrogen and oxygen atoms in total. The summed E-state index contributed by atoms with van der Waals surface area (Å²) in [5.41, 5.74) is 0. The molecule has 0 radical (unpaired) electrons. The van der Waals surface area contributed by atoms with Crippen molar-refractivity contribution in [3.8, 4) is 0 Å². The topological polar surface area (TPSA) is 65.4 Å². The molecule has 0 bridgehead atoms. The van der Waals surface area contributed by atoms with Crippen LogP contribution >= 0.6 is 0 Å². The van der Waals surface area contributed by atoms with Gasteiger partial charge in [-0.15, -0.1) is 0 Å². The molecule has 240 valence electrons. The standard InChI is InChI=1S/C15H34N2O4.14CH4/c1-16(11-14(18)7-5-9-20-3)13-17(2)12-15(19)8-6-10-21-4;;;;;;;;;;;;;;/h14-15,18-19H,5-13H2,1-4H3;14*1H4. The molecule has 0 aromatic carbocycles. The van der Waals surface area contributed by atoms with Crippen LogP contribution in [0.1, 0.15) is 130 Å². The van der Waals surface area contributed by atoms with E-state index >= 15 is 0 Å². The zero-order valence-electron chi connectivity index (χ0n) is 14.1. The number of aliphatic hydroxyl groups excluding tert-OH is 2. The smallest absolute Gasteiger partial charge is 0.0668 e. The fraction of sp³-hybridized carbons (Fsp3) is 1.00. The minimum atomic E-state index is -0.329. The van der Waals surface area contributed by atoms with Gasteiger partial charge in [0.1, 0.15) is 0 Å². The molecule has 2 N–H and O–H groups in total. The van der Waals surface area contributed by atoms with E-state index in [1.54, 1.807) is 14.2 Å². The molecule has 0 aliphatic carbocycles. The zero-order chi connectivity index (χ0) is 16.1. The summed E-state index contributed by atoms with van der Waals surface area (Å²) in [6.45, 7) is 3.37. The molecule has 0 heterocycles. The van der Waals surface area contributed by atoms with Crippen molar-refractivity contribution in [1.29, 1.82) is 0 Å². The van der Waals surface area contributed by atoms with Crippen LogP contribution in [-0.2, 0) is 9.47 Å². The minimum Gasteiger partial charge on any atom is -0.392 e. The molecule has 0 fully saturated rings. The van der Waals surface area contributed by atoms with Crippen molar-refractivity contribution in [2.75, 3.05) is 61.3 Å². The summed E-state index contributed by atoms with van der Waals surface area (Å²) in [4.78, 5) is 4.14. The molecule has 0 aromatic rings. The third kappa shape index (κ3) is 71.9. The van der Waals surface area contributed by atoms with Crippen LogP contribution in [0.3, 0.4) is 0 Å². The maximum atomic E-state index is 9.91. The van der Waals surface area contributed by atoms with Crippen LogP contribution in [0.2, 0.25) is 0 Å². The van der Waals surface area contributed by atoms with E-state index in [0.29, 0.717) is 26.3 Å². The number of methoxy groups -OCH3 is 2. The van der Waals surface area contributed by atoms with Crippen molar-refractivity contribution in [1.82, 2.24) is 9.80 Å². The maximum absolute atomic E-state index is 9.91. The van der Waals surface area contributed by atoms with Gasteiger partial charge in [0.25, 0.3) is 0 Å². The first kappa shape index (κ1) is 101. The van der Waals surface area contributed by atoms with Crippen molar-refractivity contribution in [2.45, 2.75) is 142 Å². The normalized spacial score (nSPS) is 8.91. The van der Waals surface area contributed by atoms with E-state index in [9.17, 15) is 10.2 Å². The Labute approximate surface area is 232 Å². The number of hydrogen-bond acceptors (Lipinski definition) is 6. The number of hydrogen-bond donors (Lipinski definition) is 2. The van der Waals surface area contributed by atoms with Crippen molar-refractivity contribution in [2.24, 2.45) is 0 Å². The van der Waals surface area contributed by atoms with Crippen molar-refractivity contribution >= 4 is 0 Å². The first-order valence-electron chi connectivity index (χ1n) is 7.70. The van der Waals surface area contributed by atoms with Crippen LogP contribution in [0.15, 0.2) is 0 Å². The Bertz CT molecular complexity index is 215.